The second-order valence-corrected chi connectivity index (χ2v) is 11.1. The number of rotatable bonds is 5. The third kappa shape index (κ3) is 5.48. The fourth-order valence-electron chi connectivity index (χ4n) is 3.63. The third-order valence-electron chi connectivity index (χ3n) is 5.15. The van der Waals surface area contributed by atoms with E-state index in [9.17, 15) is 27.3 Å². The van der Waals surface area contributed by atoms with Crippen molar-refractivity contribution in [2.24, 2.45) is 9.50 Å². The standard InChI is InChI=1S/C20H25F3N4O3S2/c1-4-12-15(9-20(21,22)23)25-14-7-5-6-13(14)17(12)26-18(28)27-32(24,30)16-8-11(10-31-16)19(2,3)29/h8,10,29H,4-7,9H2,1-3H3,(H3,24,25,26,27,28,30). The number of hydrogen-bond acceptors (Lipinski definition) is 5. The van der Waals surface area contributed by atoms with Crippen molar-refractivity contribution in [2.45, 2.75) is 68.9 Å². The maximum atomic E-state index is 13.1. The summed E-state index contributed by atoms with van der Waals surface area (Å²) in [7, 11) is -3.62. The van der Waals surface area contributed by atoms with E-state index in [0.717, 1.165) is 11.3 Å². The quantitative estimate of drug-likeness (QED) is 0.574. The molecule has 0 spiro atoms. The number of amides is 2. The summed E-state index contributed by atoms with van der Waals surface area (Å²) in [6, 6.07) is 0.413. The molecular formula is C20H25F3N4O3S2. The van der Waals surface area contributed by atoms with Crippen LogP contribution in [0.15, 0.2) is 20.0 Å². The number of halogens is 3. The van der Waals surface area contributed by atoms with Gasteiger partial charge in [-0.05, 0) is 67.7 Å². The molecule has 1 unspecified atom stereocenters. The Labute approximate surface area is 188 Å². The Balaban J connectivity index is 1.98. The van der Waals surface area contributed by atoms with Crippen LogP contribution in [-0.2, 0) is 41.2 Å². The molecule has 4 N–H and O–H groups in total. The van der Waals surface area contributed by atoms with Crippen LogP contribution in [0.2, 0.25) is 0 Å². The number of pyridine rings is 1. The molecule has 2 heterocycles. The van der Waals surface area contributed by atoms with Crippen molar-refractivity contribution in [2.75, 3.05) is 5.32 Å². The van der Waals surface area contributed by atoms with E-state index in [1.807, 2.05) is 0 Å². The maximum Gasteiger partial charge on any atom is 0.394 e. The van der Waals surface area contributed by atoms with Crippen LogP contribution in [0.25, 0.3) is 0 Å². The largest absolute Gasteiger partial charge is 0.394 e. The maximum absolute atomic E-state index is 13.1. The summed E-state index contributed by atoms with van der Waals surface area (Å²) < 4.78 is 55.9. The van der Waals surface area contributed by atoms with Gasteiger partial charge in [-0.3, -0.25) is 4.98 Å². The van der Waals surface area contributed by atoms with E-state index in [4.69, 9.17) is 5.14 Å². The van der Waals surface area contributed by atoms with Gasteiger partial charge in [0.2, 0.25) is 0 Å². The molecule has 0 bridgehead atoms. The lowest BCUT2D eigenvalue weighted by molar-refractivity contribution is -0.128. The summed E-state index contributed by atoms with van der Waals surface area (Å²) in [4.78, 5) is 16.9. The van der Waals surface area contributed by atoms with Crippen molar-refractivity contribution in [3.8, 4) is 0 Å². The second-order valence-electron chi connectivity index (χ2n) is 8.14. The van der Waals surface area contributed by atoms with Gasteiger partial charge in [0.1, 0.15) is 4.21 Å². The van der Waals surface area contributed by atoms with E-state index in [0.29, 0.717) is 36.1 Å². The summed E-state index contributed by atoms with van der Waals surface area (Å²) in [5, 5.41) is 20.0. The Bertz CT molecular complexity index is 1160. The highest BCUT2D eigenvalue weighted by molar-refractivity contribution is 7.93. The molecule has 176 valence electrons. The number of hydrogen-bond donors (Lipinski definition) is 3. The number of nitrogens with two attached hydrogens (primary N) is 1. The Morgan fingerprint density at radius 2 is 2.06 bits per heavy atom. The van der Waals surface area contributed by atoms with Crippen LogP contribution in [0, 0.1) is 0 Å². The topological polar surface area (TPSA) is 118 Å². The minimum atomic E-state index is -4.45. The number of alkyl halides is 3. The van der Waals surface area contributed by atoms with Crippen molar-refractivity contribution < 1.29 is 27.3 Å². The normalized spacial score (nSPS) is 15.9. The summed E-state index contributed by atoms with van der Waals surface area (Å²) in [6.07, 6.45) is -3.63. The molecule has 0 aromatic carbocycles. The Kier molecular flexibility index (Phi) is 6.72. The highest BCUT2D eigenvalue weighted by atomic mass is 32.2. The number of carbonyl (C=O) groups excluding carboxylic acids is 1. The zero-order chi connectivity index (χ0) is 23.9. The minimum absolute atomic E-state index is 0.109. The number of nitrogens with one attached hydrogen (secondary N) is 1. The molecule has 32 heavy (non-hydrogen) atoms. The molecule has 1 aliphatic rings. The molecule has 2 aromatic heterocycles. The first-order valence-electron chi connectivity index (χ1n) is 9.99. The molecule has 1 atom stereocenters. The number of aryl methyl sites for hydroxylation is 1. The van der Waals surface area contributed by atoms with Crippen molar-refractivity contribution in [1.29, 1.82) is 0 Å². The lowest BCUT2D eigenvalue weighted by Crippen LogP contribution is -2.21. The van der Waals surface area contributed by atoms with Gasteiger partial charge in [-0.15, -0.1) is 15.7 Å². The molecule has 0 saturated heterocycles. The van der Waals surface area contributed by atoms with Crippen molar-refractivity contribution >= 4 is 33.0 Å². The van der Waals surface area contributed by atoms with E-state index >= 15 is 0 Å². The van der Waals surface area contributed by atoms with Crippen LogP contribution >= 0.6 is 11.3 Å². The highest BCUT2D eigenvalue weighted by Crippen LogP contribution is 2.35. The fourth-order valence-corrected chi connectivity index (χ4v) is 5.91. The Morgan fingerprint density at radius 3 is 2.62 bits per heavy atom. The number of nitrogens with zero attached hydrogens (tertiary/aromatic N) is 2. The van der Waals surface area contributed by atoms with Crippen LogP contribution in [-0.4, -0.2) is 26.5 Å². The number of urea groups is 1. The van der Waals surface area contributed by atoms with Crippen LogP contribution in [0.3, 0.4) is 0 Å². The van der Waals surface area contributed by atoms with Crippen LogP contribution in [0.4, 0.5) is 23.7 Å². The van der Waals surface area contributed by atoms with Crippen LogP contribution in [0.5, 0.6) is 0 Å². The van der Waals surface area contributed by atoms with Gasteiger partial charge in [-0.2, -0.15) is 13.2 Å². The molecule has 0 radical (unpaired) electrons. The van der Waals surface area contributed by atoms with Gasteiger partial charge in [0, 0.05) is 5.69 Å². The van der Waals surface area contributed by atoms with Gasteiger partial charge < -0.3 is 10.4 Å². The number of carbonyl (C=O) groups is 1. The van der Waals surface area contributed by atoms with Gasteiger partial charge in [-0.25, -0.2) is 14.1 Å². The summed E-state index contributed by atoms with van der Waals surface area (Å²) >= 11 is 0.999. The minimum Gasteiger partial charge on any atom is -0.386 e. The zero-order valence-electron chi connectivity index (χ0n) is 17.9. The number of anilines is 1. The van der Waals surface area contributed by atoms with Crippen molar-refractivity contribution in [1.82, 2.24) is 4.98 Å². The molecule has 0 aliphatic heterocycles. The molecular weight excluding hydrogens is 465 g/mol. The summed E-state index contributed by atoms with van der Waals surface area (Å²) in [6.45, 7) is 4.78. The van der Waals surface area contributed by atoms with Gasteiger partial charge in [0.05, 0.1) is 23.4 Å². The molecule has 1 aliphatic carbocycles. The summed E-state index contributed by atoms with van der Waals surface area (Å²) in [5.74, 6) is 0. The van der Waals surface area contributed by atoms with E-state index < -0.39 is 34.1 Å². The van der Waals surface area contributed by atoms with Crippen molar-refractivity contribution in [3.05, 3.63) is 39.5 Å². The SMILES string of the molecule is CCc1c(CC(F)(F)F)nc2c(c1NC(=O)N=S(N)(=O)c1cc(C(C)(C)O)cs1)CCC2. The third-order valence-corrected chi connectivity index (χ3v) is 8.01. The second kappa shape index (κ2) is 8.73. The van der Waals surface area contributed by atoms with Gasteiger partial charge in [0.15, 0.2) is 9.92 Å². The summed E-state index contributed by atoms with van der Waals surface area (Å²) in [5.41, 5.74) is 0.908. The number of aromatic nitrogens is 1. The first-order chi connectivity index (χ1) is 14.7. The van der Waals surface area contributed by atoms with Gasteiger partial charge in [-0.1, -0.05) is 6.92 Å². The average Bonchev–Trinajstić information content (AvgIpc) is 3.29. The predicted molar refractivity (Wildman–Crippen MR) is 117 cm³/mol. The molecule has 2 aromatic rings. The molecule has 0 fully saturated rings. The molecule has 3 rings (SSSR count). The number of fused-ring (bicyclic) bond motifs is 1. The van der Waals surface area contributed by atoms with Gasteiger partial charge >= 0.3 is 12.2 Å². The molecule has 2 amide bonds. The van der Waals surface area contributed by atoms with E-state index in [-0.39, 0.29) is 27.6 Å². The number of thiophene rings is 1. The first-order valence-corrected chi connectivity index (χ1v) is 12.4. The monoisotopic (exact) mass is 490 g/mol. The molecule has 0 saturated carbocycles. The van der Waals surface area contributed by atoms with Gasteiger partial charge in [0.25, 0.3) is 0 Å². The fraction of sp³-hybridized carbons (Fsp3) is 0.500. The average molecular weight is 491 g/mol. The van der Waals surface area contributed by atoms with E-state index in [2.05, 4.69) is 14.7 Å². The van der Waals surface area contributed by atoms with Crippen LogP contribution in [0.1, 0.15) is 55.3 Å². The zero-order valence-corrected chi connectivity index (χ0v) is 19.5. The molecule has 12 heteroatoms. The van der Waals surface area contributed by atoms with E-state index in [1.54, 1.807) is 26.2 Å². The van der Waals surface area contributed by atoms with Crippen LogP contribution < -0.4 is 10.5 Å². The highest BCUT2D eigenvalue weighted by Gasteiger charge is 2.32. The first kappa shape index (κ1) is 24.6. The predicted octanol–water partition coefficient (Wildman–Crippen LogP) is 4.46. The Morgan fingerprint density at radius 1 is 1.38 bits per heavy atom. The molecule has 7 nitrogen and oxygen atoms in total. The Hall–Kier alpha value is -2.02. The van der Waals surface area contributed by atoms with Crippen molar-refractivity contribution in [3.63, 3.8) is 0 Å². The lowest BCUT2D eigenvalue weighted by atomic mass is 10.0. The van der Waals surface area contributed by atoms with E-state index in [1.165, 1.54) is 6.07 Å². The number of aliphatic hydroxyl groups is 1. The smallest absolute Gasteiger partial charge is 0.386 e. The lowest BCUT2D eigenvalue weighted by Gasteiger charge is -2.18.